The average Bonchev–Trinajstić information content (AvgIpc) is 2.86. The van der Waals surface area contributed by atoms with Crippen molar-refractivity contribution in [3.05, 3.63) is 47.6 Å². The molecule has 3 aromatic rings. The van der Waals surface area contributed by atoms with E-state index in [1.807, 2.05) is 18.2 Å². The molecule has 0 unspecified atom stereocenters. The second-order valence-electron chi connectivity index (χ2n) is 4.66. The molecule has 21 heavy (non-hydrogen) atoms. The van der Waals surface area contributed by atoms with Gasteiger partial charge in [-0.2, -0.15) is 0 Å². The van der Waals surface area contributed by atoms with Crippen molar-refractivity contribution in [1.29, 1.82) is 0 Å². The van der Waals surface area contributed by atoms with Gasteiger partial charge in [0.1, 0.15) is 23.0 Å². The van der Waals surface area contributed by atoms with Gasteiger partial charge in [-0.15, -0.1) is 0 Å². The largest absolute Gasteiger partial charge is 0.368 e. The number of halogens is 1. The maximum atomic E-state index is 6.02. The number of hydrogen-bond donors (Lipinski definition) is 1. The third kappa shape index (κ3) is 2.83. The number of anilines is 1. The van der Waals surface area contributed by atoms with Crippen molar-refractivity contribution in [2.45, 2.75) is 19.9 Å². The molecule has 0 aliphatic heterocycles. The van der Waals surface area contributed by atoms with Crippen LogP contribution in [-0.4, -0.2) is 26.1 Å². The van der Waals surface area contributed by atoms with E-state index in [-0.39, 0.29) is 0 Å². The molecule has 0 atom stereocenters. The molecule has 1 N–H and O–H groups in total. The molecular weight excluding hydrogens is 286 g/mol. The summed E-state index contributed by atoms with van der Waals surface area (Å²) in [6, 6.07) is 8.20. The number of nitrogens with zero attached hydrogens (tertiary/aromatic N) is 4. The molecule has 5 nitrogen and oxygen atoms in total. The third-order valence-electron chi connectivity index (χ3n) is 3.36. The Morgan fingerprint density at radius 3 is 2.95 bits per heavy atom. The van der Waals surface area contributed by atoms with Gasteiger partial charge in [0.2, 0.25) is 0 Å². The molecule has 6 heteroatoms. The monoisotopic (exact) mass is 301 g/mol. The highest BCUT2D eigenvalue weighted by molar-refractivity contribution is 6.32. The Kier molecular flexibility index (Phi) is 4.01. The smallest absolute Gasteiger partial charge is 0.148 e. The topological polar surface area (TPSA) is 55.6 Å². The number of rotatable bonds is 5. The molecule has 2 heterocycles. The molecule has 0 amide bonds. The van der Waals surface area contributed by atoms with Gasteiger partial charge >= 0.3 is 0 Å². The summed E-state index contributed by atoms with van der Waals surface area (Å²) in [5.41, 5.74) is 2.21. The molecule has 0 fully saturated rings. The van der Waals surface area contributed by atoms with Gasteiger partial charge in [0.15, 0.2) is 0 Å². The highest BCUT2D eigenvalue weighted by atomic mass is 35.5. The van der Waals surface area contributed by atoms with Gasteiger partial charge in [-0.1, -0.05) is 23.7 Å². The molecule has 0 radical (unpaired) electrons. The van der Waals surface area contributed by atoms with E-state index in [2.05, 4.69) is 32.8 Å². The summed E-state index contributed by atoms with van der Waals surface area (Å²) in [7, 11) is 0. The minimum Gasteiger partial charge on any atom is -0.368 e. The van der Waals surface area contributed by atoms with Gasteiger partial charge in [-0.3, -0.25) is 0 Å². The van der Waals surface area contributed by atoms with E-state index in [9.17, 15) is 0 Å². The second kappa shape index (κ2) is 6.10. The van der Waals surface area contributed by atoms with Gasteiger partial charge < -0.3 is 9.88 Å². The number of aryl methyl sites for hydroxylation is 1. The van der Waals surface area contributed by atoms with Crippen LogP contribution in [0.15, 0.2) is 36.8 Å². The summed E-state index contributed by atoms with van der Waals surface area (Å²) < 4.78 is 2.23. The zero-order chi connectivity index (χ0) is 14.7. The van der Waals surface area contributed by atoms with Crippen LogP contribution in [0.3, 0.4) is 0 Å². The summed E-state index contributed by atoms with van der Waals surface area (Å²) in [5, 5.41) is 3.75. The van der Waals surface area contributed by atoms with Crippen LogP contribution in [0, 0.1) is 0 Å². The van der Waals surface area contributed by atoms with Crippen LogP contribution in [0.1, 0.15) is 12.7 Å². The van der Waals surface area contributed by atoms with Crippen molar-refractivity contribution in [2.24, 2.45) is 0 Å². The fourth-order valence-corrected chi connectivity index (χ4v) is 2.58. The molecule has 108 valence electrons. The second-order valence-corrected chi connectivity index (χ2v) is 5.06. The summed E-state index contributed by atoms with van der Waals surface area (Å²) in [6.07, 6.45) is 3.87. The zero-order valence-corrected chi connectivity index (χ0v) is 12.5. The summed E-state index contributed by atoms with van der Waals surface area (Å²) >= 11 is 6.02. The van der Waals surface area contributed by atoms with E-state index < -0.39 is 0 Å². The molecule has 1 aromatic carbocycles. The van der Waals surface area contributed by atoms with Crippen LogP contribution >= 0.6 is 11.6 Å². The highest BCUT2D eigenvalue weighted by Crippen LogP contribution is 2.18. The van der Waals surface area contributed by atoms with E-state index in [1.54, 1.807) is 6.20 Å². The maximum absolute atomic E-state index is 6.02. The van der Waals surface area contributed by atoms with E-state index >= 15 is 0 Å². The van der Waals surface area contributed by atoms with Crippen LogP contribution in [0.2, 0.25) is 5.02 Å². The number of benzene rings is 1. The molecule has 0 aliphatic carbocycles. The minimum absolute atomic E-state index is 0.529. The van der Waals surface area contributed by atoms with Crippen molar-refractivity contribution < 1.29 is 0 Å². The predicted molar refractivity (Wildman–Crippen MR) is 84.6 cm³/mol. The first-order chi connectivity index (χ1) is 10.3. The lowest BCUT2D eigenvalue weighted by Gasteiger charge is -2.08. The van der Waals surface area contributed by atoms with Crippen LogP contribution in [0.5, 0.6) is 0 Å². The van der Waals surface area contributed by atoms with Gasteiger partial charge in [-0.05, 0) is 19.1 Å². The lowest BCUT2D eigenvalue weighted by molar-refractivity contribution is 0.716. The number of fused-ring (bicyclic) bond motifs is 1. The van der Waals surface area contributed by atoms with Crippen molar-refractivity contribution >= 4 is 28.5 Å². The summed E-state index contributed by atoms with van der Waals surface area (Å²) in [4.78, 5) is 12.7. The third-order valence-corrected chi connectivity index (χ3v) is 3.64. The van der Waals surface area contributed by atoms with Crippen molar-refractivity contribution in [3.8, 4) is 0 Å². The Bertz CT molecular complexity index is 753. The number of hydrogen-bond acceptors (Lipinski definition) is 4. The lowest BCUT2D eigenvalue weighted by Crippen LogP contribution is -2.11. The summed E-state index contributed by atoms with van der Waals surface area (Å²) in [5.74, 6) is 1.72. The van der Waals surface area contributed by atoms with Gasteiger partial charge in [-0.25, -0.2) is 15.0 Å². The first-order valence-electron chi connectivity index (χ1n) is 6.93. The Balaban J connectivity index is 1.75. The van der Waals surface area contributed by atoms with Crippen LogP contribution in [0.25, 0.3) is 11.0 Å². The number of para-hydroxylation sites is 2. The van der Waals surface area contributed by atoms with Crippen molar-refractivity contribution in [2.75, 3.05) is 11.9 Å². The highest BCUT2D eigenvalue weighted by Gasteiger charge is 2.09. The van der Waals surface area contributed by atoms with Gasteiger partial charge in [0, 0.05) is 19.5 Å². The summed E-state index contributed by atoms with van der Waals surface area (Å²) in [6.45, 7) is 3.76. The first-order valence-corrected chi connectivity index (χ1v) is 7.31. The zero-order valence-electron chi connectivity index (χ0n) is 11.8. The standard InChI is InChI=1S/C15H16ClN5/c1-2-21-13-6-4-3-5-12(13)20-14(21)7-8-18-15-11(16)9-17-10-19-15/h3-6,9-10H,2,7-8H2,1H3,(H,17,18,19). The maximum Gasteiger partial charge on any atom is 0.148 e. The number of nitrogens with one attached hydrogen (secondary N) is 1. The first kappa shape index (κ1) is 13.8. The van der Waals surface area contributed by atoms with Gasteiger partial charge in [0.25, 0.3) is 0 Å². The van der Waals surface area contributed by atoms with E-state index in [4.69, 9.17) is 16.6 Å². The number of aromatic nitrogens is 4. The quantitative estimate of drug-likeness (QED) is 0.786. The molecule has 2 aromatic heterocycles. The van der Waals surface area contributed by atoms with E-state index in [0.717, 1.165) is 30.9 Å². The van der Waals surface area contributed by atoms with Crippen LogP contribution in [0.4, 0.5) is 5.82 Å². The molecule has 0 bridgehead atoms. The van der Waals surface area contributed by atoms with Crippen molar-refractivity contribution in [1.82, 2.24) is 19.5 Å². The average molecular weight is 302 g/mol. The Hall–Kier alpha value is -2.14. The molecule has 3 rings (SSSR count). The Labute approximate surface area is 128 Å². The molecule has 0 saturated carbocycles. The molecular formula is C15H16ClN5. The van der Waals surface area contributed by atoms with Crippen molar-refractivity contribution in [3.63, 3.8) is 0 Å². The lowest BCUT2D eigenvalue weighted by atomic mass is 10.3. The predicted octanol–water partition coefficient (Wildman–Crippen LogP) is 3.15. The van der Waals surface area contributed by atoms with Gasteiger partial charge in [0.05, 0.1) is 17.2 Å². The number of imidazole rings is 1. The molecule has 0 saturated heterocycles. The molecule has 0 spiro atoms. The Morgan fingerprint density at radius 2 is 2.14 bits per heavy atom. The fourth-order valence-electron chi connectivity index (χ4n) is 2.40. The fraction of sp³-hybridized carbons (Fsp3) is 0.267. The minimum atomic E-state index is 0.529. The van der Waals surface area contributed by atoms with Crippen LogP contribution < -0.4 is 5.32 Å². The normalized spacial score (nSPS) is 11.0. The van der Waals surface area contributed by atoms with E-state index in [0.29, 0.717) is 10.8 Å². The SMILES string of the molecule is CCn1c(CCNc2ncncc2Cl)nc2ccccc21. The van der Waals surface area contributed by atoms with E-state index in [1.165, 1.54) is 11.8 Å². The molecule has 0 aliphatic rings. The van der Waals surface area contributed by atoms with Crippen LogP contribution in [-0.2, 0) is 13.0 Å². The Morgan fingerprint density at radius 1 is 1.29 bits per heavy atom.